The molecule has 1 aromatic carbocycles. The van der Waals surface area contributed by atoms with Crippen molar-refractivity contribution in [3.8, 4) is 11.3 Å². The van der Waals surface area contributed by atoms with Gasteiger partial charge in [-0.25, -0.2) is 5.10 Å². The highest BCUT2D eigenvalue weighted by Gasteiger charge is 2.39. The molecular formula is C16H17N3O2. The number of benzene rings is 1. The number of hydrogen-bond acceptors (Lipinski definition) is 3. The lowest BCUT2D eigenvalue weighted by Gasteiger charge is -2.36. The second kappa shape index (κ2) is 5.16. The molecule has 1 aliphatic carbocycles. The fraction of sp³-hybridized carbons (Fsp3) is 0.312. The molecular weight excluding hydrogens is 266 g/mol. The van der Waals surface area contributed by atoms with E-state index in [9.17, 15) is 9.59 Å². The zero-order chi connectivity index (χ0) is 14.9. The standard InChI is InChI=1S/C16H17N3O2/c1-16(9-2-10-16)15(21)17-12-5-3-11(4-6-12)13-7-8-14(20)19-18-13/h3-8H,2,9-10H2,1H3,(H,17,21)(H,19,20). The first-order valence-corrected chi connectivity index (χ1v) is 7.04. The molecule has 0 spiro atoms. The minimum Gasteiger partial charge on any atom is -0.326 e. The van der Waals surface area contributed by atoms with E-state index in [1.54, 1.807) is 6.07 Å². The maximum atomic E-state index is 12.1. The van der Waals surface area contributed by atoms with Crippen LogP contribution in [0.4, 0.5) is 5.69 Å². The minimum absolute atomic E-state index is 0.0867. The Hall–Kier alpha value is -2.43. The van der Waals surface area contributed by atoms with E-state index in [0.717, 1.165) is 30.5 Å². The van der Waals surface area contributed by atoms with E-state index in [2.05, 4.69) is 15.5 Å². The quantitative estimate of drug-likeness (QED) is 0.909. The van der Waals surface area contributed by atoms with Crippen LogP contribution in [0, 0.1) is 5.41 Å². The second-order valence-electron chi connectivity index (χ2n) is 5.75. The molecule has 0 unspecified atom stereocenters. The molecule has 1 saturated carbocycles. The summed E-state index contributed by atoms with van der Waals surface area (Å²) in [6.07, 6.45) is 3.04. The van der Waals surface area contributed by atoms with Gasteiger partial charge in [-0.2, -0.15) is 5.10 Å². The van der Waals surface area contributed by atoms with Crippen LogP contribution in [0.2, 0.25) is 0 Å². The van der Waals surface area contributed by atoms with Crippen molar-refractivity contribution in [2.24, 2.45) is 5.41 Å². The van der Waals surface area contributed by atoms with Crippen molar-refractivity contribution in [1.82, 2.24) is 10.2 Å². The van der Waals surface area contributed by atoms with Crippen LogP contribution in [-0.4, -0.2) is 16.1 Å². The molecule has 1 amide bonds. The van der Waals surface area contributed by atoms with Gasteiger partial charge in [-0.15, -0.1) is 0 Å². The molecule has 3 rings (SSSR count). The topological polar surface area (TPSA) is 74.8 Å². The predicted octanol–water partition coefficient (Wildman–Crippen LogP) is 2.57. The number of amides is 1. The van der Waals surface area contributed by atoms with E-state index in [4.69, 9.17) is 0 Å². The SMILES string of the molecule is CC1(C(=O)Nc2ccc(-c3ccc(=O)[nH]n3)cc2)CCC1. The largest absolute Gasteiger partial charge is 0.326 e. The molecule has 21 heavy (non-hydrogen) atoms. The van der Waals surface area contributed by atoms with Crippen LogP contribution in [0.3, 0.4) is 0 Å². The van der Waals surface area contributed by atoms with Gasteiger partial charge in [-0.05, 0) is 31.0 Å². The van der Waals surface area contributed by atoms with Crippen molar-refractivity contribution in [3.63, 3.8) is 0 Å². The van der Waals surface area contributed by atoms with Crippen LogP contribution in [0.1, 0.15) is 26.2 Å². The number of carbonyl (C=O) groups excluding carboxylic acids is 1. The Morgan fingerprint density at radius 2 is 1.90 bits per heavy atom. The van der Waals surface area contributed by atoms with Crippen molar-refractivity contribution in [3.05, 3.63) is 46.8 Å². The maximum absolute atomic E-state index is 12.1. The first-order valence-electron chi connectivity index (χ1n) is 7.04. The van der Waals surface area contributed by atoms with Gasteiger partial charge in [0.25, 0.3) is 5.56 Å². The Bertz CT molecular complexity index is 695. The lowest BCUT2D eigenvalue weighted by Crippen LogP contribution is -2.39. The molecule has 1 heterocycles. The molecule has 108 valence electrons. The Kier molecular flexibility index (Phi) is 3.33. The summed E-state index contributed by atoms with van der Waals surface area (Å²) in [5.41, 5.74) is 1.93. The zero-order valence-corrected chi connectivity index (χ0v) is 11.8. The molecule has 5 nitrogen and oxygen atoms in total. The number of anilines is 1. The third-order valence-corrected chi connectivity index (χ3v) is 4.12. The highest BCUT2D eigenvalue weighted by Crippen LogP contribution is 2.41. The van der Waals surface area contributed by atoms with Gasteiger partial charge in [0.05, 0.1) is 5.69 Å². The van der Waals surface area contributed by atoms with E-state index in [-0.39, 0.29) is 16.9 Å². The van der Waals surface area contributed by atoms with E-state index < -0.39 is 0 Å². The van der Waals surface area contributed by atoms with Crippen molar-refractivity contribution in [1.29, 1.82) is 0 Å². The van der Waals surface area contributed by atoms with Crippen molar-refractivity contribution < 1.29 is 4.79 Å². The van der Waals surface area contributed by atoms with Gasteiger partial charge in [0.1, 0.15) is 0 Å². The summed E-state index contributed by atoms with van der Waals surface area (Å²) in [4.78, 5) is 23.1. The smallest absolute Gasteiger partial charge is 0.264 e. The number of carbonyl (C=O) groups is 1. The van der Waals surface area contributed by atoms with Gasteiger partial charge in [-0.1, -0.05) is 25.5 Å². The third kappa shape index (κ3) is 2.72. The number of aromatic nitrogens is 2. The zero-order valence-electron chi connectivity index (χ0n) is 11.8. The van der Waals surface area contributed by atoms with E-state index in [1.165, 1.54) is 6.07 Å². The highest BCUT2D eigenvalue weighted by molar-refractivity contribution is 5.95. The lowest BCUT2D eigenvalue weighted by molar-refractivity contribution is -0.128. The maximum Gasteiger partial charge on any atom is 0.264 e. The number of H-pyrrole nitrogens is 1. The van der Waals surface area contributed by atoms with Crippen LogP contribution in [0.25, 0.3) is 11.3 Å². The average Bonchev–Trinajstić information content (AvgIpc) is 2.46. The van der Waals surface area contributed by atoms with Gasteiger partial charge in [0.2, 0.25) is 5.91 Å². The molecule has 2 N–H and O–H groups in total. The fourth-order valence-corrected chi connectivity index (χ4v) is 2.45. The lowest BCUT2D eigenvalue weighted by atomic mass is 9.70. The number of nitrogens with one attached hydrogen (secondary N) is 2. The third-order valence-electron chi connectivity index (χ3n) is 4.12. The predicted molar refractivity (Wildman–Crippen MR) is 80.9 cm³/mol. The first kappa shape index (κ1) is 13.5. The Balaban J connectivity index is 1.73. The van der Waals surface area contributed by atoms with E-state index >= 15 is 0 Å². The van der Waals surface area contributed by atoms with Crippen molar-refractivity contribution in [2.45, 2.75) is 26.2 Å². The summed E-state index contributed by atoms with van der Waals surface area (Å²) in [6.45, 7) is 2.00. The second-order valence-corrected chi connectivity index (χ2v) is 5.75. The van der Waals surface area contributed by atoms with Crippen LogP contribution in [0.5, 0.6) is 0 Å². The Morgan fingerprint density at radius 1 is 1.19 bits per heavy atom. The van der Waals surface area contributed by atoms with E-state index in [0.29, 0.717) is 5.69 Å². The Labute approximate surface area is 122 Å². The summed E-state index contributed by atoms with van der Waals surface area (Å²) >= 11 is 0. The monoisotopic (exact) mass is 283 g/mol. The fourth-order valence-electron chi connectivity index (χ4n) is 2.45. The molecule has 0 aliphatic heterocycles. The summed E-state index contributed by atoms with van der Waals surface area (Å²) in [5.74, 6) is 0.0867. The molecule has 0 saturated heterocycles. The van der Waals surface area contributed by atoms with Gasteiger partial charge in [0.15, 0.2) is 0 Å². The normalized spacial score (nSPS) is 16.0. The number of hydrogen-bond donors (Lipinski definition) is 2. The molecule has 0 atom stereocenters. The highest BCUT2D eigenvalue weighted by atomic mass is 16.2. The summed E-state index contributed by atoms with van der Waals surface area (Å²) < 4.78 is 0. The molecule has 0 radical (unpaired) electrons. The first-order chi connectivity index (χ1) is 10.1. The number of aromatic amines is 1. The van der Waals surface area contributed by atoms with Crippen molar-refractivity contribution in [2.75, 3.05) is 5.32 Å². The van der Waals surface area contributed by atoms with Crippen molar-refractivity contribution >= 4 is 11.6 Å². The van der Waals surface area contributed by atoms with Gasteiger partial charge >= 0.3 is 0 Å². The van der Waals surface area contributed by atoms with Gasteiger partial charge < -0.3 is 5.32 Å². The van der Waals surface area contributed by atoms with Crippen LogP contribution < -0.4 is 10.9 Å². The molecule has 5 heteroatoms. The van der Waals surface area contributed by atoms with Gasteiger partial charge in [-0.3, -0.25) is 9.59 Å². The molecule has 1 aromatic heterocycles. The summed E-state index contributed by atoms with van der Waals surface area (Å²) in [5, 5.41) is 9.34. The van der Waals surface area contributed by atoms with Crippen LogP contribution in [0.15, 0.2) is 41.2 Å². The number of rotatable bonds is 3. The molecule has 1 aliphatic rings. The van der Waals surface area contributed by atoms with E-state index in [1.807, 2.05) is 31.2 Å². The molecule has 0 bridgehead atoms. The minimum atomic E-state index is -0.226. The summed E-state index contributed by atoms with van der Waals surface area (Å²) in [6, 6.07) is 10.6. The molecule has 2 aromatic rings. The average molecular weight is 283 g/mol. The van der Waals surface area contributed by atoms with Crippen LogP contribution in [-0.2, 0) is 4.79 Å². The summed E-state index contributed by atoms with van der Waals surface area (Å²) in [7, 11) is 0. The molecule has 1 fully saturated rings. The van der Waals surface area contributed by atoms with Crippen LogP contribution >= 0.6 is 0 Å². The Morgan fingerprint density at radius 3 is 2.43 bits per heavy atom. The van der Waals surface area contributed by atoms with Gasteiger partial charge in [0, 0.05) is 22.7 Å². The number of nitrogens with zero attached hydrogens (tertiary/aromatic N) is 1.